The highest BCUT2D eigenvalue weighted by atomic mass is 127. The van der Waals surface area contributed by atoms with E-state index in [0.717, 1.165) is 4.31 Å². The van der Waals surface area contributed by atoms with E-state index in [2.05, 4.69) is 36.4 Å². The Morgan fingerprint density at radius 3 is 2.26 bits per heavy atom. The molecular weight excluding hydrogens is 707 g/mol. The molecule has 1 N–H and O–H groups in total. The first-order valence-corrected chi connectivity index (χ1v) is 17.9. The predicted octanol–water partition coefficient (Wildman–Crippen LogP) is 4.57. The van der Waals surface area contributed by atoms with Gasteiger partial charge in [0.2, 0.25) is 21.9 Å². The van der Waals surface area contributed by atoms with E-state index < -0.39 is 21.4 Å². The van der Waals surface area contributed by atoms with Crippen LogP contribution in [0.25, 0.3) is 17.2 Å². The topological polar surface area (TPSA) is 153 Å². The molecule has 0 fully saturated rings. The summed E-state index contributed by atoms with van der Waals surface area (Å²) in [5.74, 6) is 1.63. The van der Waals surface area contributed by atoms with E-state index in [9.17, 15) is 13.5 Å². The Bertz CT molecular complexity index is 1690. The average molecular weight is 737 g/mol. The SMILES string of the molecule is COc1cccc(-c2nnc(N(CCSI)S(=O)(=O)[C@H](C)[C@H](O)c3ccc(C#N)cc3)n2-c2c(OC)cccc2OC)n1. The number of sulfonamides is 1. The number of hydrogen-bond donors (Lipinski definition) is 1. The van der Waals surface area contributed by atoms with E-state index >= 15 is 0 Å². The third kappa shape index (κ3) is 6.66. The van der Waals surface area contributed by atoms with E-state index in [1.807, 2.05) is 6.07 Å². The van der Waals surface area contributed by atoms with Gasteiger partial charge in [-0.3, -0.25) is 4.57 Å². The molecule has 2 atom stereocenters. The van der Waals surface area contributed by atoms with Crippen molar-refractivity contribution in [2.75, 3.05) is 37.9 Å². The lowest BCUT2D eigenvalue weighted by molar-refractivity contribution is 0.176. The highest BCUT2D eigenvalue weighted by Crippen LogP contribution is 2.39. The Morgan fingerprint density at radius 2 is 1.67 bits per heavy atom. The van der Waals surface area contributed by atoms with Crippen LogP contribution in [-0.4, -0.2) is 72.1 Å². The van der Waals surface area contributed by atoms with Gasteiger partial charge in [-0.2, -0.15) is 5.26 Å². The van der Waals surface area contributed by atoms with Gasteiger partial charge in [0.25, 0.3) is 0 Å². The van der Waals surface area contributed by atoms with Crippen molar-refractivity contribution in [3.8, 4) is 40.7 Å². The minimum atomic E-state index is -4.29. The number of methoxy groups -OCH3 is 3. The molecule has 0 saturated heterocycles. The van der Waals surface area contributed by atoms with Crippen molar-refractivity contribution in [1.82, 2.24) is 19.7 Å². The summed E-state index contributed by atoms with van der Waals surface area (Å²) in [4.78, 5) is 4.51. The monoisotopic (exact) mass is 736 g/mol. The van der Waals surface area contributed by atoms with Crippen LogP contribution in [0.2, 0.25) is 0 Å². The van der Waals surface area contributed by atoms with E-state index in [-0.39, 0.29) is 18.3 Å². The zero-order valence-corrected chi connectivity index (χ0v) is 27.5. The molecule has 0 aliphatic rings. The van der Waals surface area contributed by atoms with Crippen LogP contribution < -0.4 is 18.5 Å². The van der Waals surface area contributed by atoms with Gasteiger partial charge in [-0.1, -0.05) is 33.2 Å². The van der Waals surface area contributed by atoms with Gasteiger partial charge in [0.05, 0.1) is 39.1 Å². The molecule has 12 nitrogen and oxygen atoms in total. The summed E-state index contributed by atoms with van der Waals surface area (Å²) in [6, 6.07) is 18.4. The summed E-state index contributed by atoms with van der Waals surface area (Å²) in [7, 11) is 1.60. The van der Waals surface area contributed by atoms with Crippen LogP contribution >= 0.6 is 30.1 Å². The fourth-order valence-electron chi connectivity index (χ4n) is 4.36. The Kier molecular flexibility index (Phi) is 10.7. The predicted molar refractivity (Wildman–Crippen MR) is 173 cm³/mol. The first-order chi connectivity index (χ1) is 20.7. The number of aromatic nitrogens is 4. The Labute approximate surface area is 266 Å². The van der Waals surface area contributed by atoms with E-state index in [1.54, 1.807) is 36.4 Å². The van der Waals surface area contributed by atoms with E-state index in [4.69, 9.17) is 19.5 Å². The second-order valence-electron chi connectivity index (χ2n) is 9.05. The number of rotatable bonds is 13. The van der Waals surface area contributed by atoms with Crippen molar-refractivity contribution in [3.63, 3.8) is 0 Å². The lowest BCUT2D eigenvalue weighted by Gasteiger charge is -2.29. The Hall–Kier alpha value is -3.59. The summed E-state index contributed by atoms with van der Waals surface area (Å²) >= 11 is 2.09. The number of hydrogen-bond acceptors (Lipinski definition) is 11. The zero-order chi connectivity index (χ0) is 31.1. The third-order valence-electron chi connectivity index (χ3n) is 6.63. The first kappa shape index (κ1) is 32.3. The smallest absolute Gasteiger partial charge is 0.246 e. The van der Waals surface area contributed by atoms with Gasteiger partial charge < -0.3 is 19.3 Å². The fourth-order valence-corrected chi connectivity index (χ4v) is 6.90. The number of para-hydroxylation sites is 1. The highest BCUT2D eigenvalue weighted by molar-refractivity contribution is 14.2. The van der Waals surface area contributed by atoms with Gasteiger partial charge in [0.1, 0.15) is 28.1 Å². The quantitative estimate of drug-likeness (QED) is 0.192. The number of aliphatic hydroxyl groups is 1. The summed E-state index contributed by atoms with van der Waals surface area (Å²) in [5, 5.41) is 27.8. The van der Waals surface area contributed by atoms with Crippen LogP contribution in [0.1, 0.15) is 24.2 Å². The highest BCUT2D eigenvalue weighted by Gasteiger charge is 2.38. The van der Waals surface area contributed by atoms with Crippen molar-refractivity contribution in [2.45, 2.75) is 18.3 Å². The molecule has 2 aromatic heterocycles. The standard InChI is InChI=1S/C28H29IN6O6S2/c1-18(26(36)20-13-11-19(17-30)12-14-20)43(37,38)34(15-16-42-29)28-33-32-27(21-7-5-10-24(31-21)41-4)35(28)25-22(39-2)8-6-9-23(25)40-3/h5-14,18,26,36H,15-16H2,1-4H3/t18-,26+/m1/s1. The molecule has 0 aliphatic heterocycles. The third-order valence-corrected chi connectivity index (χ3v) is 10.4. The molecule has 2 aromatic carbocycles. The van der Waals surface area contributed by atoms with E-state index in [1.165, 1.54) is 66.0 Å². The molecule has 0 unspecified atom stereocenters. The second-order valence-corrected chi connectivity index (χ2v) is 13.8. The van der Waals surface area contributed by atoms with Crippen molar-refractivity contribution in [3.05, 3.63) is 71.8 Å². The van der Waals surface area contributed by atoms with E-state index in [0.29, 0.717) is 45.6 Å². The number of aliphatic hydroxyl groups excluding tert-OH is 1. The molecule has 0 spiro atoms. The molecule has 0 amide bonds. The lowest BCUT2D eigenvalue weighted by atomic mass is 10.1. The van der Waals surface area contributed by atoms with Gasteiger partial charge in [-0.25, -0.2) is 17.7 Å². The minimum absolute atomic E-state index is 0.0154. The maximum absolute atomic E-state index is 14.3. The molecule has 4 rings (SSSR count). The first-order valence-electron chi connectivity index (χ1n) is 12.8. The largest absolute Gasteiger partial charge is 0.494 e. The molecule has 43 heavy (non-hydrogen) atoms. The van der Waals surface area contributed by atoms with Crippen molar-refractivity contribution >= 4 is 46.1 Å². The van der Waals surface area contributed by atoms with Crippen LogP contribution in [0.15, 0.2) is 60.7 Å². The molecule has 0 aliphatic carbocycles. The Morgan fingerprint density at radius 1 is 1.02 bits per heavy atom. The van der Waals surface area contributed by atoms with Gasteiger partial charge >= 0.3 is 0 Å². The Balaban J connectivity index is 1.95. The number of anilines is 1. The van der Waals surface area contributed by atoms with Crippen molar-refractivity contribution in [1.29, 1.82) is 5.26 Å². The normalized spacial score (nSPS) is 12.7. The fraction of sp³-hybridized carbons (Fsp3) is 0.286. The molecule has 2 heterocycles. The minimum Gasteiger partial charge on any atom is -0.494 e. The molecule has 0 bridgehead atoms. The van der Waals surface area contributed by atoms with Crippen LogP contribution in [0, 0.1) is 11.3 Å². The summed E-state index contributed by atoms with van der Waals surface area (Å²) in [5.41, 5.74) is 1.46. The number of ether oxygens (including phenoxy) is 3. The number of pyridine rings is 1. The summed E-state index contributed by atoms with van der Waals surface area (Å²) < 4.78 is 48.0. The van der Waals surface area contributed by atoms with Gasteiger partial charge in [0, 0.05) is 18.4 Å². The molecule has 0 radical (unpaired) electrons. The zero-order valence-electron chi connectivity index (χ0n) is 23.7. The van der Waals surface area contributed by atoms with Gasteiger partial charge in [-0.05, 0) is 64.0 Å². The van der Waals surface area contributed by atoms with Crippen molar-refractivity contribution in [2.24, 2.45) is 0 Å². The van der Waals surface area contributed by atoms with Crippen molar-refractivity contribution < 1.29 is 27.7 Å². The maximum atomic E-state index is 14.3. The second kappa shape index (κ2) is 14.3. The number of halogens is 1. The van der Waals surface area contributed by atoms with Crippen LogP contribution in [-0.2, 0) is 10.0 Å². The summed E-state index contributed by atoms with van der Waals surface area (Å²) in [6.07, 6.45) is -1.40. The number of nitrogens with zero attached hydrogens (tertiary/aromatic N) is 6. The number of benzene rings is 2. The maximum Gasteiger partial charge on any atom is 0.246 e. The summed E-state index contributed by atoms with van der Waals surface area (Å²) in [6.45, 7) is 1.44. The van der Waals surface area contributed by atoms with Crippen LogP contribution in [0.4, 0.5) is 5.95 Å². The van der Waals surface area contributed by atoms with Gasteiger partial charge in [-0.15, -0.1) is 10.2 Å². The molecule has 15 heteroatoms. The lowest BCUT2D eigenvalue weighted by Crippen LogP contribution is -2.43. The van der Waals surface area contributed by atoms with Gasteiger partial charge in [0.15, 0.2) is 5.82 Å². The average Bonchev–Trinajstić information content (AvgIpc) is 3.47. The van der Waals surface area contributed by atoms with Crippen LogP contribution in [0.3, 0.4) is 0 Å². The molecule has 4 aromatic rings. The van der Waals surface area contributed by atoms with Crippen LogP contribution in [0.5, 0.6) is 17.4 Å². The molecule has 0 saturated carbocycles. The molecular formula is C28H29IN6O6S2. The number of nitriles is 1. The molecule has 226 valence electrons.